The summed E-state index contributed by atoms with van der Waals surface area (Å²) in [6.45, 7) is 7.16. The Morgan fingerprint density at radius 2 is 1.79 bits per heavy atom. The van der Waals surface area contributed by atoms with Crippen LogP contribution in [0.5, 0.6) is 0 Å². The van der Waals surface area contributed by atoms with Crippen LogP contribution in [0.15, 0.2) is 79.3 Å². The molecule has 0 radical (unpaired) electrons. The van der Waals surface area contributed by atoms with Gasteiger partial charge in [0.2, 0.25) is 0 Å². The summed E-state index contributed by atoms with van der Waals surface area (Å²) in [6.07, 6.45) is 4.26. The quantitative estimate of drug-likeness (QED) is 0.309. The zero-order valence-electron chi connectivity index (χ0n) is 19.1. The molecule has 166 valence electrons. The molecule has 3 aromatic carbocycles. The molecule has 0 aliphatic carbocycles. The van der Waals surface area contributed by atoms with Gasteiger partial charge in [0.1, 0.15) is 5.69 Å². The maximum Gasteiger partial charge on any atom is 0.269 e. The van der Waals surface area contributed by atoms with Gasteiger partial charge >= 0.3 is 0 Å². The first-order valence-electron chi connectivity index (χ1n) is 11.2. The fourth-order valence-corrected chi connectivity index (χ4v) is 5.35. The molecule has 0 spiro atoms. The summed E-state index contributed by atoms with van der Waals surface area (Å²) < 4.78 is 4.43. The van der Waals surface area contributed by atoms with Crippen molar-refractivity contribution < 1.29 is 4.79 Å². The third-order valence-corrected chi connectivity index (χ3v) is 7.09. The lowest BCUT2D eigenvalue weighted by atomic mass is 9.92. The van der Waals surface area contributed by atoms with E-state index >= 15 is 0 Å². The van der Waals surface area contributed by atoms with Gasteiger partial charge in [-0.2, -0.15) is 0 Å². The van der Waals surface area contributed by atoms with E-state index in [2.05, 4.69) is 85.7 Å². The van der Waals surface area contributed by atoms with Crippen molar-refractivity contribution in [3.05, 3.63) is 84.9 Å². The standard InChI is InChI=1S/C28H27N3OS/c1-28(2,3)14-15-30-27(32)24-17-29-18-31(24)20-9-6-8-19(16-20)21-11-7-12-23-22-10-4-5-13-25(22)33-26(21)23/h4-13,16-18H,14-15H2,1-3H3,(H,30,32). The smallest absolute Gasteiger partial charge is 0.269 e. The highest BCUT2D eigenvalue weighted by Crippen LogP contribution is 2.40. The highest BCUT2D eigenvalue weighted by atomic mass is 32.1. The summed E-state index contributed by atoms with van der Waals surface area (Å²) in [5, 5.41) is 5.61. The van der Waals surface area contributed by atoms with E-state index in [-0.39, 0.29) is 11.3 Å². The minimum atomic E-state index is -0.103. The number of carbonyl (C=O) groups is 1. The first kappa shape index (κ1) is 21.4. The van der Waals surface area contributed by atoms with Crippen LogP contribution in [0.2, 0.25) is 0 Å². The molecule has 1 amide bonds. The van der Waals surface area contributed by atoms with Crippen LogP contribution < -0.4 is 5.32 Å². The molecule has 5 rings (SSSR count). The van der Waals surface area contributed by atoms with E-state index in [9.17, 15) is 4.79 Å². The molecule has 0 saturated carbocycles. The molecular weight excluding hydrogens is 426 g/mol. The van der Waals surface area contributed by atoms with Crippen LogP contribution in [0.25, 0.3) is 37.0 Å². The minimum absolute atomic E-state index is 0.103. The van der Waals surface area contributed by atoms with Crippen LogP contribution >= 0.6 is 11.3 Å². The summed E-state index contributed by atoms with van der Waals surface area (Å²) in [6, 6.07) is 23.3. The lowest BCUT2D eigenvalue weighted by molar-refractivity contribution is 0.0942. The predicted molar refractivity (Wildman–Crippen MR) is 138 cm³/mol. The predicted octanol–water partition coefficient (Wildman–Crippen LogP) is 7.07. The summed E-state index contributed by atoms with van der Waals surface area (Å²) in [5.41, 5.74) is 3.96. The van der Waals surface area contributed by atoms with Gasteiger partial charge in [-0.05, 0) is 41.2 Å². The van der Waals surface area contributed by atoms with Gasteiger partial charge in [-0.3, -0.25) is 9.36 Å². The van der Waals surface area contributed by atoms with Gasteiger partial charge in [-0.25, -0.2) is 4.98 Å². The Hall–Kier alpha value is -3.44. The molecule has 5 heteroatoms. The average molecular weight is 454 g/mol. The Labute approximate surface area is 197 Å². The van der Waals surface area contributed by atoms with Crippen LogP contribution in [0, 0.1) is 5.41 Å². The van der Waals surface area contributed by atoms with E-state index in [1.54, 1.807) is 12.5 Å². The highest BCUT2D eigenvalue weighted by Gasteiger charge is 2.16. The lowest BCUT2D eigenvalue weighted by Crippen LogP contribution is -2.28. The number of fused-ring (bicyclic) bond motifs is 3. The van der Waals surface area contributed by atoms with Crippen LogP contribution in [-0.4, -0.2) is 22.0 Å². The van der Waals surface area contributed by atoms with E-state index in [0.717, 1.165) is 17.7 Å². The van der Waals surface area contributed by atoms with Gasteiger partial charge < -0.3 is 5.32 Å². The second-order valence-corrected chi connectivity index (χ2v) is 10.6. The van der Waals surface area contributed by atoms with Crippen molar-refractivity contribution in [1.82, 2.24) is 14.9 Å². The zero-order valence-corrected chi connectivity index (χ0v) is 19.9. The monoisotopic (exact) mass is 453 g/mol. The number of carbonyl (C=O) groups excluding carboxylic acids is 1. The molecule has 0 saturated heterocycles. The molecule has 0 fully saturated rings. The fourth-order valence-electron chi connectivity index (χ4n) is 4.11. The lowest BCUT2D eigenvalue weighted by Gasteiger charge is -2.18. The van der Waals surface area contributed by atoms with E-state index in [0.29, 0.717) is 12.2 Å². The number of hydrogen-bond donors (Lipinski definition) is 1. The Balaban J connectivity index is 1.50. The molecule has 0 unspecified atom stereocenters. The molecule has 0 aliphatic heterocycles. The number of rotatable bonds is 5. The molecule has 1 N–H and O–H groups in total. The second kappa shape index (κ2) is 8.49. The molecule has 33 heavy (non-hydrogen) atoms. The Morgan fingerprint density at radius 3 is 2.64 bits per heavy atom. The van der Waals surface area contributed by atoms with E-state index in [1.807, 2.05) is 28.0 Å². The molecule has 5 aromatic rings. The van der Waals surface area contributed by atoms with Gasteiger partial charge in [0.25, 0.3) is 5.91 Å². The molecule has 2 heterocycles. The number of nitrogens with one attached hydrogen (secondary N) is 1. The number of nitrogens with zero attached hydrogens (tertiary/aromatic N) is 2. The van der Waals surface area contributed by atoms with Gasteiger partial charge in [0, 0.05) is 32.4 Å². The summed E-state index contributed by atoms with van der Waals surface area (Å²) >= 11 is 1.82. The molecule has 4 nitrogen and oxygen atoms in total. The summed E-state index contributed by atoms with van der Waals surface area (Å²) in [5.74, 6) is -0.103. The van der Waals surface area contributed by atoms with Crippen molar-refractivity contribution in [3.8, 4) is 16.8 Å². The number of aromatic nitrogens is 2. The summed E-state index contributed by atoms with van der Waals surface area (Å²) in [7, 11) is 0. The third-order valence-electron chi connectivity index (χ3n) is 5.87. The zero-order chi connectivity index (χ0) is 23.0. The first-order valence-corrected chi connectivity index (χ1v) is 12.0. The summed E-state index contributed by atoms with van der Waals surface area (Å²) in [4.78, 5) is 17.1. The third kappa shape index (κ3) is 4.29. The first-order chi connectivity index (χ1) is 15.9. The van der Waals surface area contributed by atoms with Crippen molar-refractivity contribution in [1.29, 1.82) is 0 Å². The van der Waals surface area contributed by atoms with E-state index in [1.165, 1.54) is 25.7 Å². The molecule has 0 aliphatic rings. The number of benzene rings is 3. The highest BCUT2D eigenvalue weighted by molar-refractivity contribution is 7.26. The Kier molecular flexibility index (Phi) is 5.51. The SMILES string of the molecule is CC(C)(C)CCNC(=O)c1cncn1-c1cccc(-c2cccc3c2sc2ccccc23)c1. The maximum atomic E-state index is 12.8. The molecule has 0 atom stereocenters. The van der Waals surface area contributed by atoms with Gasteiger partial charge in [0.15, 0.2) is 0 Å². The number of thiophene rings is 1. The van der Waals surface area contributed by atoms with E-state index < -0.39 is 0 Å². The van der Waals surface area contributed by atoms with Crippen LogP contribution in [-0.2, 0) is 0 Å². The number of imidazole rings is 1. The van der Waals surface area contributed by atoms with Crippen LogP contribution in [0.3, 0.4) is 0 Å². The van der Waals surface area contributed by atoms with Gasteiger partial charge in [0.05, 0.1) is 12.5 Å². The molecule has 0 bridgehead atoms. The Morgan fingerprint density at radius 1 is 1.00 bits per heavy atom. The topological polar surface area (TPSA) is 46.9 Å². The maximum absolute atomic E-state index is 12.8. The fraction of sp³-hybridized carbons (Fsp3) is 0.214. The largest absolute Gasteiger partial charge is 0.351 e. The number of amides is 1. The normalized spacial score (nSPS) is 11.8. The van der Waals surface area contributed by atoms with Crippen LogP contribution in [0.4, 0.5) is 0 Å². The average Bonchev–Trinajstić information content (AvgIpc) is 3.43. The Bertz CT molecular complexity index is 1460. The van der Waals surface area contributed by atoms with Crippen molar-refractivity contribution >= 4 is 37.4 Å². The second-order valence-electron chi connectivity index (χ2n) is 9.55. The van der Waals surface area contributed by atoms with Crippen LogP contribution in [0.1, 0.15) is 37.7 Å². The van der Waals surface area contributed by atoms with Gasteiger partial charge in [-0.1, -0.05) is 69.3 Å². The van der Waals surface area contributed by atoms with Crippen molar-refractivity contribution in [3.63, 3.8) is 0 Å². The minimum Gasteiger partial charge on any atom is -0.351 e. The van der Waals surface area contributed by atoms with Crippen molar-refractivity contribution in [2.75, 3.05) is 6.54 Å². The number of hydrogen-bond acceptors (Lipinski definition) is 3. The van der Waals surface area contributed by atoms with Gasteiger partial charge in [-0.15, -0.1) is 11.3 Å². The van der Waals surface area contributed by atoms with E-state index in [4.69, 9.17) is 0 Å². The van der Waals surface area contributed by atoms with Crippen molar-refractivity contribution in [2.45, 2.75) is 27.2 Å². The van der Waals surface area contributed by atoms with Crippen molar-refractivity contribution in [2.24, 2.45) is 5.41 Å². The molecular formula is C28H27N3OS. The molecule has 2 aromatic heterocycles.